The molecule has 0 bridgehead atoms. The number of halogens is 1. The summed E-state index contributed by atoms with van der Waals surface area (Å²) in [5.41, 5.74) is 0.257. The van der Waals surface area contributed by atoms with E-state index in [1.54, 1.807) is 7.05 Å². The van der Waals surface area contributed by atoms with E-state index in [-0.39, 0.29) is 17.5 Å². The number of pyridine rings is 1. The predicted octanol–water partition coefficient (Wildman–Crippen LogP) is 1.79. The van der Waals surface area contributed by atoms with E-state index in [0.717, 1.165) is 19.0 Å². The van der Waals surface area contributed by atoms with Crippen molar-refractivity contribution in [3.05, 3.63) is 23.6 Å². The molecule has 1 aromatic heterocycles. The van der Waals surface area contributed by atoms with Gasteiger partial charge < -0.3 is 10.6 Å². The first-order valence-electron chi connectivity index (χ1n) is 5.74. The Morgan fingerprint density at radius 1 is 1.53 bits per heavy atom. The molecule has 1 aliphatic carbocycles. The number of amides is 1. The van der Waals surface area contributed by atoms with Crippen molar-refractivity contribution in [1.29, 1.82) is 0 Å². The topological polar surface area (TPSA) is 54.0 Å². The minimum absolute atomic E-state index is 0.213. The fraction of sp³-hybridized carbons (Fsp3) is 0.500. The average Bonchev–Trinajstić information content (AvgIpc) is 2.27. The van der Waals surface area contributed by atoms with Gasteiger partial charge in [0.25, 0.3) is 5.91 Å². The monoisotopic (exact) mass is 237 g/mol. The summed E-state index contributed by atoms with van der Waals surface area (Å²) in [6, 6.07) is 1.42. The Labute approximate surface area is 99.6 Å². The van der Waals surface area contributed by atoms with Crippen LogP contribution < -0.4 is 10.6 Å². The van der Waals surface area contributed by atoms with E-state index in [9.17, 15) is 9.18 Å². The second-order valence-electron chi connectivity index (χ2n) is 4.55. The lowest BCUT2D eigenvalue weighted by Crippen LogP contribution is -2.43. The molecular weight excluding hydrogens is 221 g/mol. The van der Waals surface area contributed by atoms with Crippen LogP contribution in [0.1, 0.15) is 30.1 Å². The molecule has 2 rings (SSSR count). The third-order valence-electron chi connectivity index (χ3n) is 3.04. The number of hydrogen-bond acceptors (Lipinski definition) is 3. The first kappa shape index (κ1) is 11.8. The van der Waals surface area contributed by atoms with Crippen LogP contribution in [0.2, 0.25) is 0 Å². The van der Waals surface area contributed by atoms with Crippen LogP contribution >= 0.6 is 0 Å². The highest BCUT2D eigenvalue weighted by Crippen LogP contribution is 2.26. The maximum absolute atomic E-state index is 13.1. The highest BCUT2D eigenvalue weighted by molar-refractivity contribution is 5.98. The molecule has 1 heterocycles. The van der Waals surface area contributed by atoms with Gasteiger partial charge in [-0.15, -0.1) is 0 Å². The molecule has 0 aromatic carbocycles. The Hall–Kier alpha value is -1.65. The molecule has 0 unspecified atom stereocenters. The van der Waals surface area contributed by atoms with Crippen LogP contribution in [0, 0.1) is 11.7 Å². The van der Waals surface area contributed by atoms with Crippen molar-refractivity contribution in [2.45, 2.75) is 25.8 Å². The number of rotatable bonds is 3. The summed E-state index contributed by atoms with van der Waals surface area (Å²) in [6.07, 6.45) is 3.07. The van der Waals surface area contributed by atoms with E-state index in [1.165, 1.54) is 6.07 Å². The van der Waals surface area contributed by atoms with Gasteiger partial charge in [-0.25, -0.2) is 9.37 Å². The van der Waals surface area contributed by atoms with Gasteiger partial charge in [-0.05, 0) is 24.8 Å². The molecule has 5 heteroatoms. The predicted molar refractivity (Wildman–Crippen MR) is 63.4 cm³/mol. The molecule has 1 aliphatic rings. The van der Waals surface area contributed by atoms with Crippen molar-refractivity contribution in [1.82, 2.24) is 10.3 Å². The lowest BCUT2D eigenvalue weighted by molar-refractivity contribution is 0.0896. The van der Waals surface area contributed by atoms with Crippen LogP contribution in [0.15, 0.2) is 12.3 Å². The average molecular weight is 237 g/mol. The summed E-state index contributed by atoms with van der Waals surface area (Å²) in [6.45, 7) is 2.14. The van der Waals surface area contributed by atoms with Gasteiger partial charge in [-0.3, -0.25) is 4.79 Å². The summed E-state index contributed by atoms with van der Waals surface area (Å²) in [7, 11) is 1.66. The standard InChI is InChI=1S/C12H16FN3O/c1-7-3-9(4-7)16-12(17)10-5-8(13)6-15-11(10)14-2/h5-7,9H,3-4H2,1-2H3,(H,14,15)(H,16,17). The molecule has 0 spiro atoms. The molecule has 4 nitrogen and oxygen atoms in total. The smallest absolute Gasteiger partial charge is 0.255 e. The van der Waals surface area contributed by atoms with E-state index in [0.29, 0.717) is 11.7 Å². The second kappa shape index (κ2) is 4.69. The van der Waals surface area contributed by atoms with Gasteiger partial charge in [-0.1, -0.05) is 6.92 Å². The maximum Gasteiger partial charge on any atom is 0.255 e. The molecule has 0 aliphatic heterocycles. The van der Waals surface area contributed by atoms with Gasteiger partial charge in [0.2, 0.25) is 0 Å². The Morgan fingerprint density at radius 3 is 2.82 bits per heavy atom. The number of hydrogen-bond donors (Lipinski definition) is 2. The van der Waals surface area contributed by atoms with Crippen LogP contribution in [0.25, 0.3) is 0 Å². The normalized spacial score (nSPS) is 22.8. The zero-order valence-corrected chi connectivity index (χ0v) is 9.96. The van der Waals surface area contributed by atoms with Crippen molar-refractivity contribution in [3.8, 4) is 0 Å². The number of carbonyl (C=O) groups excluding carboxylic acids is 1. The minimum atomic E-state index is -0.504. The Bertz CT molecular complexity index is 430. The van der Waals surface area contributed by atoms with Gasteiger partial charge in [0.15, 0.2) is 0 Å². The number of nitrogens with zero attached hydrogens (tertiary/aromatic N) is 1. The number of anilines is 1. The molecule has 92 valence electrons. The lowest BCUT2D eigenvalue weighted by atomic mass is 9.82. The van der Waals surface area contributed by atoms with Gasteiger partial charge in [-0.2, -0.15) is 0 Å². The van der Waals surface area contributed by atoms with Crippen LogP contribution in [0.4, 0.5) is 10.2 Å². The summed E-state index contributed by atoms with van der Waals surface area (Å²) in [5, 5.41) is 5.66. The zero-order chi connectivity index (χ0) is 12.4. The fourth-order valence-electron chi connectivity index (χ4n) is 2.09. The summed E-state index contributed by atoms with van der Waals surface area (Å²) < 4.78 is 13.1. The molecule has 1 fully saturated rings. The summed E-state index contributed by atoms with van der Waals surface area (Å²) >= 11 is 0. The van der Waals surface area contributed by atoms with Gasteiger partial charge in [0.1, 0.15) is 11.6 Å². The summed E-state index contributed by atoms with van der Waals surface area (Å²) in [5.74, 6) is 0.292. The number of nitrogens with one attached hydrogen (secondary N) is 2. The largest absolute Gasteiger partial charge is 0.372 e. The van der Waals surface area contributed by atoms with Crippen LogP contribution in [-0.2, 0) is 0 Å². The number of carbonyl (C=O) groups is 1. The SMILES string of the molecule is CNc1ncc(F)cc1C(=O)NC1CC(C)C1. The van der Waals surface area contributed by atoms with Gasteiger partial charge >= 0.3 is 0 Å². The Balaban J connectivity index is 2.09. The Kier molecular flexibility index (Phi) is 3.26. The highest BCUT2D eigenvalue weighted by Gasteiger charge is 2.27. The van der Waals surface area contributed by atoms with Gasteiger partial charge in [0, 0.05) is 13.1 Å². The second-order valence-corrected chi connectivity index (χ2v) is 4.55. The Morgan fingerprint density at radius 2 is 2.24 bits per heavy atom. The highest BCUT2D eigenvalue weighted by atomic mass is 19.1. The summed E-state index contributed by atoms with van der Waals surface area (Å²) in [4.78, 5) is 15.8. The fourth-order valence-corrected chi connectivity index (χ4v) is 2.09. The van der Waals surface area contributed by atoms with Crippen molar-refractivity contribution < 1.29 is 9.18 Å². The van der Waals surface area contributed by atoms with Crippen LogP contribution in [0.3, 0.4) is 0 Å². The quantitative estimate of drug-likeness (QED) is 0.842. The number of aromatic nitrogens is 1. The first-order valence-corrected chi connectivity index (χ1v) is 5.74. The minimum Gasteiger partial charge on any atom is -0.372 e. The third-order valence-corrected chi connectivity index (χ3v) is 3.04. The van der Waals surface area contributed by atoms with Crippen molar-refractivity contribution >= 4 is 11.7 Å². The first-order chi connectivity index (χ1) is 8.10. The van der Waals surface area contributed by atoms with Crippen LogP contribution in [-0.4, -0.2) is 24.0 Å². The van der Waals surface area contributed by atoms with E-state index in [2.05, 4.69) is 22.5 Å². The third kappa shape index (κ3) is 2.54. The van der Waals surface area contributed by atoms with Crippen molar-refractivity contribution in [2.75, 3.05) is 12.4 Å². The molecule has 1 aromatic rings. The van der Waals surface area contributed by atoms with Crippen LogP contribution in [0.5, 0.6) is 0 Å². The molecule has 0 saturated heterocycles. The van der Waals surface area contributed by atoms with E-state index >= 15 is 0 Å². The van der Waals surface area contributed by atoms with Crippen molar-refractivity contribution in [3.63, 3.8) is 0 Å². The van der Waals surface area contributed by atoms with E-state index in [4.69, 9.17) is 0 Å². The van der Waals surface area contributed by atoms with Crippen molar-refractivity contribution in [2.24, 2.45) is 5.92 Å². The maximum atomic E-state index is 13.1. The molecule has 2 N–H and O–H groups in total. The lowest BCUT2D eigenvalue weighted by Gasteiger charge is -2.33. The van der Waals surface area contributed by atoms with Gasteiger partial charge in [0.05, 0.1) is 11.8 Å². The molecule has 17 heavy (non-hydrogen) atoms. The molecular formula is C12H16FN3O. The molecule has 0 radical (unpaired) electrons. The molecule has 0 atom stereocenters. The van der Waals surface area contributed by atoms with E-state index < -0.39 is 5.82 Å². The molecule has 1 saturated carbocycles. The molecule has 1 amide bonds. The zero-order valence-electron chi connectivity index (χ0n) is 9.96. The van der Waals surface area contributed by atoms with E-state index in [1.807, 2.05) is 0 Å².